The van der Waals surface area contributed by atoms with Gasteiger partial charge in [-0.25, -0.2) is 0 Å². The van der Waals surface area contributed by atoms with Crippen LogP contribution in [0.3, 0.4) is 0 Å². The molecule has 9 heteroatoms. The number of rotatable bonds is 8. The Labute approximate surface area is 203 Å². The van der Waals surface area contributed by atoms with Gasteiger partial charge in [-0.2, -0.15) is 18.3 Å². The molecule has 0 amide bonds. The number of halogens is 3. The molecule has 35 heavy (non-hydrogen) atoms. The smallest absolute Gasteiger partial charge is 0.416 e. The molecule has 0 aliphatic carbocycles. The topological polar surface area (TPSA) is 59.5 Å². The summed E-state index contributed by atoms with van der Waals surface area (Å²) in [5.41, 5.74) is 0.136. The summed E-state index contributed by atoms with van der Waals surface area (Å²) < 4.78 is 51.6. The number of piperidine rings is 1. The van der Waals surface area contributed by atoms with Crippen LogP contribution in [0.4, 0.5) is 19.0 Å². The zero-order valence-corrected chi connectivity index (χ0v) is 20.2. The molecule has 1 aliphatic rings. The van der Waals surface area contributed by atoms with Gasteiger partial charge in [-0.05, 0) is 62.1 Å². The third kappa shape index (κ3) is 6.02. The first-order chi connectivity index (χ1) is 16.8. The molecular formula is C26H31F3N4O2. The lowest BCUT2D eigenvalue weighted by molar-refractivity contribution is -0.138. The quantitative estimate of drug-likeness (QED) is 0.444. The molecule has 188 valence electrons. The predicted molar refractivity (Wildman–Crippen MR) is 130 cm³/mol. The summed E-state index contributed by atoms with van der Waals surface area (Å²) in [6, 6.07) is 9.62. The van der Waals surface area contributed by atoms with Crippen molar-refractivity contribution in [3.63, 3.8) is 0 Å². The van der Waals surface area contributed by atoms with Crippen LogP contribution in [-0.2, 0) is 10.9 Å². The van der Waals surface area contributed by atoms with Gasteiger partial charge in [-0.1, -0.05) is 12.1 Å². The summed E-state index contributed by atoms with van der Waals surface area (Å²) in [5, 5.41) is 13.3. The van der Waals surface area contributed by atoms with Gasteiger partial charge < -0.3 is 19.7 Å². The highest BCUT2D eigenvalue weighted by Gasteiger charge is 2.33. The molecule has 1 N–H and O–H groups in total. The van der Waals surface area contributed by atoms with Crippen molar-refractivity contribution in [2.75, 3.05) is 38.7 Å². The third-order valence-electron chi connectivity index (χ3n) is 6.58. The van der Waals surface area contributed by atoms with E-state index in [1.165, 1.54) is 13.0 Å². The number of nitrogens with one attached hydrogen (secondary N) is 1. The van der Waals surface area contributed by atoms with E-state index in [2.05, 4.69) is 20.4 Å². The largest absolute Gasteiger partial charge is 0.490 e. The van der Waals surface area contributed by atoms with E-state index in [0.717, 1.165) is 61.7 Å². The third-order valence-corrected chi connectivity index (χ3v) is 6.58. The number of methoxy groups -OCH3 is 1. The highest BCUT2D eigenvalue weighted by molar-refractivity contribution is 5.92. The van der Waals surface area contributed by atoms with Gasteiger partial charge in [0.1, 0.15) is 11.9 Å². The number of fused-ring (bicyclic) bond motifs is 1. The Hall–Kier alpha value is -2.91. The van der Waals surface area contributed by atoms with Gasteiger partial charge in [0.15, 0.2) is 5.82 Å². The maximum Gasteiger partial charge on any atom is 0.416 e. The molecule has 1 aliphatic heterocycles. The predicted octanol–water partition coefficient (Wildman–Crippen LogP) is 5.62. The van der Waals surface area contributed by atoms with Crippen LogP contribution in [0.25, 0.3) is 10.8 Å². The van der Waals surface area contributed by atoms with E-state index < -0.39 is 17.8 Å². The van der Waals surface area contributed by atoms with Crippen LogP contribution in [0.2, 0.25) is 0 Å². The molecule has 1 aromatic heterocycles. The number of anilines is 1. The molecule has 2 heterocycles. The zero-order chi connectivity index (χ0) is 25.0. The SMILES string of the molecule is COCCN1CCC(Oc2ccc3cnnc(NC(C)c4cccc(C(F)(F)F)c4C)c3c2)CC1. The van der Waals surface area contributed by atoms with Crippen molar-refractivity contribution in [3.05, 3.63) is 59.3 Å². The zero-order valence-electron chi connectivity index (χ0n) is 20.2. The molecule has 1 atom stereocenters. The summed E-state index contributed by atoms with van der Waals surface area (Å²) in [6.45, 7) is 6.90. The van der Waals surface area contributed by atoms with Crippen LogP contribution in [0, 0.1) is 6.92 Å². The summed E-state index contributed by atoms with van der Waals surface area (Å²) >= 11 is 0. The van der Waals surface area contributed by atoms with Crippen LogP contribution in [0.5, 0.6) is 5.75 Å². The Balaban J connectivity index is 1.50. The van der Waals surface area contributed by atoms with Crippen LogP contribution >= 0.6 is 0 Å². The minimum atomic E-state index is -4.40. The fourth-order valence-electron chi connectivity index (χ4n) is 4.61. The van der Waals surface area contributed by atoms with E-state index in [9.17, 15) is 13.2 Å². The Morgan fingerprint density at radius 1 is 1.17 bits per heavy atom. The molecule has 1 saturated heterocycles. The molecule has 0 spiro atoms. The molecule has 1 fully saturated rings. The van der Waals surface area contributed by atoms with E-state index >= 15 is 0 Å². The fraction of sp³-hybridized carbons (Fsp3) is 0.462. The second-order valence-electron chi connectivity index (χ2n) is 8.98. The summed E-state index contributed by atoms with van der Waals surface area (Å²) in [6.07, 6.45) is -0.728. The molecule has 0 saturated carbocycles. The highest BCUT2D eigenvalue weighted by Crippen LogP contribution is 2.36. The average molecular weight is 489 g/mol. The Morgan fingerprint density at radius 2 is 1.94 bits per heavy atom. The molecule has 2 aromatic carbocycles. The molecule has 0 radical (unpaired) electrons. The van der Waals surface area contributed by atoms with Crippen LogP contribution in [0.1, 0.15) is 42.5 Å². The van der Waals surface area contributed by atoms with Gasteiger partial charge in [0.05, 0.1) is 24.4 Å². The lowest BCUT2D eigenvalue weighted by Crippen LogP contribution is -2.39. The second-order valence-corrected chi connectivity index (χ2v) is 8.98. The van der Waals surface area contributed by atoms with E-state index in [1.54, 1.807) is 19.4 Å². The van der Waals surface area contributed by atoms with Crippen LogP contribution in [0.15, 0.2) is 42.6 Å². The van der Waals surface area contributed by atoms with E-state index in [-0.39, 0.29) is 11.7 Å². The van der Waals surface area contributed by atoms with Gasteiger partial charge >= 0.3 is 6.18 Å². The Kier molecular flexibility index (Phi) is 7.76. The van der Waals surface area contributed by atoms with Crippen molar-refractivity contribution in [2.45, 2.75) is 45.0 Å². The number of alkyl halides is 3. The van der Waals surface area contributed by atoms with Crippen LogP contribution in [-0.4, -0.2) is 54.6 Å². The van der Waals surface area contributed by atoms with E-state index in [4.69, 9.17) is 9.47 Å². The van der Waals surface area contributed by atoms with E-state index in [1.807, 2.05) is 25.1 Å². The lowest BCUT2D eigenvalue weighted by atomic mass is 9.97. The normalized spacial score (nSPS) is 16.4. The molecular weight excluding hydrogens is 457 g/mol. The highest BCUT2D eigenvalue weighted by atomic mass is 19.4. The minimum Gasteiger partial charge on any atom is -0.490 e. The lowest BCUT2D eigenvalue weighted by Gasteiger charge is -2.32. The molecule has 4 rings (SSSR count). The maximum atomic E-state index is 13.4. The average Bonchev–Trinajstić information content (AvgIpc) is 2.83. The van der Waals surface area contributed by atoms with Gasteiger partial charge in [0.2, 0.25) is 0 Å². The number of hydrogen-bond donors (Lipinski definition) is 1. The van der Waals surface area contributed by atoms with Crippen molar-refractivity contribution < 1.29 is 22.6 Å². The van der Waals surface area contributed by atoms with Gasteiger partial charge in [-0.15, -0.1) is 5.10 Å². The first-order valence-corrected chi connectivity index (χ1v) is 11.8. The monoisotopic (exact) mass is 488 g/mol. The Bertz CT molecular complexity index is 1150. The molecule has 0 bridgehead atoms. The first-order valence-electron chi connectivity index (χ1n) is 11.8. The number of likely N-dealkylation sites (tertiary alicyclic amines) is 1. The molecule has 6 nitrogen and oxygen atoms in total. The first kappa shape index (κ1) is 25.2. The molecule has 1 unspecified atom stereocenters. The number of ether oxygens (including phenoxy) is 2. The standard InChI is InChI=1S/C26H31F3N4O2/c1-17-22(5-4-6-24(17)26(27,28)29)18(2)31-25-23-15-21(8-7-19(23)16-30-32-25)35-20-9-11-33(12-10-20)13-14-34-3/h4-8,15-16,18,20H,9-14H2,1-3H3,(H,31,32). The summed E-state index contributed by atoms with van der Waals surface area (Å²) in [4.78, 5) is 2.37. The minimum absolute atomic E-state index is 0.129. The van der Waals surface area contributed by atoms with Gasteiger partial charge in [0.25, 0.3) is 0 Å². The summed E-state index contributed by atoms with van der Waals surface area (Å²) in [7, 11) is 1.71. The van der Waals surface area contributed by atoms with Gasteiger partial charge in [0, 0.05) is 37.5 Å². The van der Waals surface area contributed by atoms with Crippen molar-refractivity contribution in [2.24, 2.45) is 0 Å². The Morgan fingerprint density at radius 3 is 2.66 bits per heavy atom. The number of nitrogens with zero attached hydrogens (tertiary/aromatic N) is 3. The maximum absolute atomic E-state index is 13.4. The number of benzene rings is 2. The van der Waals surface area contributed by atoms with Crippen molar-refractivity contribution in [1.29, 1.82) is 0 Å². The van der Waals surface area contributed by atoms with E-state index in [0.29, 0.717) is 11.4 Å². The fourth-order valence-corrected chi connectivity index (χ4v) is 4.61. The molecule has 3 aromatic rings. The number of hydrogen-bond acceptors (Lipinski definition) is 6. The van der Waals surface area contributed by atoms with Crippen molar-refractivity contribution in [3.8, 4) is 5.75 Å². The second kappa shape index (κ2) is 10.8. The number of aromatic nitrogens is 2. The van der Waals surface area contributed by atoms with Crippen molar-refractivity contribution in [1.82, 2.24) is 15.1 Å². The van der Waals surface area contributed by atoms with Crippen molar-refractivity contribution >= 4 is 16.6 Å². The van der Waals surface area contributed by atoms with Crippen LogP contribution < -0.4 is 10.1 Å². The summed E-state index contributed by atoms with van der Waals surface area (Å²) in [5.74, 6) is 1.25. The van der Waals surface area contributed by atoms with Gasteiger partial charge in [-0.3, -0.25) is 0 Å².